The van der Waals surface area contributed by atoms with Gasteiger partial charge in [0, 0.05) is 13.1 Å². The van der Waals surface area contributed by atoms with Gasteiger partial charge in [0.1, 0.15) is 0 Å². The average molecular weight is 257 g/mol. The fraction of sp³-hybridized carbons (Fsp3) is 0.929. The summed E-state index contributed by atoms with van der Waals surface area (Å²) in [6.07, 6.45) is 10.2. The lowest BCUT2D eigenvalue weighted by molar-refractivity contribution is -0.112. The van der Waals surface area contributed by atoms with Gasteiger partial charge in [-0.25, -0.2) is 4.79 Å². The Hall–Kier alpha value is -0.770. The Bertz CT molecular complexity index is 215. The van der Waals surface area contributed by atoms with E-state index in [1.807, 2.05) is 0 Å². The standard InChI is InChI=1S/C14H27NO3/c1-2-3-4-5-6-7-10-13-17-14(16)18-15-11-8-9-12-15/h2-13H2,1H3. The molecule has 1 saturated heterocycles. The summed E-state index contributed by atoms with van der Waals surface area (Å²) in [5.74, 6) is 0. The third-order valence-electron chi connectivity index (χ3n) is 3.24. The zero-order valence-corrected chi connectivity index (χ0v) is 11.7. The van der Waals surface area contributed by atoms with Crippen LogP contribution in [0.25, 0.3) is 0 Å². The summed E-state index contributed by atoms with van der Waals surface area (Å²) >= 11 is 0. The van der Waals surface area contributed by atoms with Crippen molar-refractivity contribution in [1.29, 1.82) is 0 Å². The van der Waals surface area contributed by atoms with Crippen molar-refractivity contribution < 1.29 is 14.4 Å². The molecular weight excluding hydrogens is 230 g/mol. The van der Waals surface area contributed by atoms with E-state index in [2.05, 4.69) is 6.92 Å². The highest BCUT2D eigenvalue weighted by Crippen LogP contribution is 2.09. The van der Waals surface area contributed by atoms with E-state index in [1.54, 1.807) is 5.06 Å². The zero-order valence-electron chi connectivity index (χ0n) is 11.7. The Kier molecular flexibility index (Phi) is 8.65. The summed E-state index contributed by atoms with van der Waals surface area (Å²) in [6.45, 7) is 4.39. The smallest absolute Gasteiger partial charge is 0.433 e. The summed E-state index contributed by atoms with van der Waals surface area (Å²) < 4.78 is 5.03. The maximum Gasteiger partial charge on any atom is 0.527 e. The van der Waals surface area contributed by atoms with Crippen LogP contribution < -0.4 is 0 Å². The van der Waals surface area contributed by atoms with Crippen LogP contribution in [0.15, 0.2) is 0 Å². The van der Waals surface area contributed by atoms with Gasteiger partial charge >= 0.3 is 6.16 Å². The second-order valence-electron chi connectivity index (χ2n) is 4.95. The van der Waals surface area contributed by atoms with Crippen LogP contribution in [-0.2, 0) is 9.57 Å². The van der Waals surface area contributed by atoms with Crippen molar-refractivity contribution >= 4 is 6.16 Å². The number of carbonyl (C=O) groups excluding carboxylic acids is 1. The highest BCUT2D eigenvalue weighted by atomic mass is 16.8. The van der Waals surface area contributed by atoms with E-state index >= 15 is 0 Å². The third kappa shape index (κ3) is 7.54. The first-order chi connectivity index (χ1) is 8.83. The van der Waals surface area contributed by atoms with Gasteiger partial charge in [-0.05, 0) is 19.3 Å². The van der Waals surface area contributed by atoms with Crippen molar-refractivity contribution in [1.82, 2.24) is 5.06 Å². The largest absolute Gasteiger partial charge is 0.527 e. The van der Waals surface area contributed by atoms with E-state index in [0.29, 0.717) is 6.61 Å². The molecular formula is C14H27NO3. The van der Waals surface area contributed by atoms with E-state index < -0.39 is 6.16 Å². The number of carbonyl (C=O) groups is 1. The number of hydrogen-bond acceptors (Lipinski definition) is 4. The first kappa shape index (κ1) is 15.3. The van der Waals surface area contributed by atoms with Crippen LogP contribution in [0.4, 0.5) is 4.79 Å². The zero-order chi connectivity index (χ0) is 13.1. The number of hydrogen-bond donors (Lipinski definition) is 0. The molecule has 1 heterocycles. The van der Waals surface area contributed by atoms with Crippen molar-refractivity contribution in [3.63, 3.8) is 0 Å². The molecule has 4 heteroatoms. The number of unbranched alkanes of at least 4 members (excludes halogenated alkanes) is 6. The monoisotopic (exact) mass is 257 g/mol. The fourth-order valence-electron chi connectivity index (χ4n) is 2.13. The Balaban J connectivity index is 1.83. The molecule has 0 bridgehead atoms. The Labute approximate surface area is 111 Å². The van der Waals surface area contributed by atoms with Crippen LogP contribution in [-0.4, -0.2) is 30.9 Å². The predicted octanol–water partition coefficient (Wildman–Crippen LogP) is 3.90. The van der Waals surface area contributed by atoms with Gasteiger partial charge in [0.25, 0.3) is 0 Å². The molecule has 0 radical (unpaired) electrons. The van der Waals surface area contributed by atoms with Crippen molar-refractivity contribution in [3.05, 3.63) is 0 Å². The van der Waals surface area contributed by atoms with E-state index in [0.717, 1.165) is 38.8 Å². The highest BCUT2D eigenvalue weighted by molar-refractivity contribution is 5.59. The number of ether oxygens (including phenoxy) is 1. The molecule has 0 atom stereocenters. The van der Waals surface area contributed by atoms with Gasteiger partial charge in [0.05, 0.1) is 6.61 Å². The molecule has 0 unspecified atom stereocenters. The van der Waals surface area contributed by atoms with Crippen molar-refractivity contribution in [3.8, 4) is 0 Å². The number of hydroxylamine groups is 2. The Morgan fingerprint density at radius 2 is 1.61 bits per heavy atom. The third-order valence-corrected chi connectivity index (χ3v) is 3.24. The highest BCUT2D eigenvalue weighted by Gasteiger charge is 2.16. The molecule has 0 amide bonds. The van der Waals surface area contributed by atoms with Crippen LogP contribution >= 0.6 is 0 Å². The first-order valence-electron chi connectivity index (χ1n) is 7.42. The molecule has 0 N–H and O–H groups in total. The average Bonchev–Trinajstić information content (AvgIpc) is 2.85. The lowest BCUT2D eigenvalue weighted by atomic mass is 10.1. The summed E-state index contributed by atoms with van der Waals surface area (Å²) in [5, 5.41) is 1.69. The minimum absolute atomic E-state index is 0.487. The van der Waals surface area contributed by atoms with E-state index in [4.69, 9.17) is 9.57 Å². The van der Waals surface area contributed by atoms with Gasteiger partial charge in [-0.3, -0.25) is 0 Å². The summed E-state index contributed by atoms with van der Waals surface area (Å²) in [5.41, 5.74) is 0. The van der Waals surface area contributed by atoms with Gasteiger partial charge in [0.15, 0.2) is 0 Å². The van der Waals surface area contributed by atoms with Crippen LogP contribution in [0, 0.1) is 0 Å². The van der Waals surface area contributed by atoms with Gasteiger partial charge in [-0.15, -0.1) is 5.06 Å². The van der Waals surface area contributed by atoms with E-state index in [9.17, 15) is 4.79 Å². The molecule has 18 heavy (non-hydrogen) atoms. The molecule has 0 aromatic heterocycles. The first-order valence-corrected chi connectivity index (χ1v) is 7.42. The van der Waals surface area contributed by atoms with Gasteiger partial charge in [0.2, 0.25) is 0 Å². The molecule has 4 nitrogen and oxygen atoms in total. The second kappa shape index (κ2) is 10.2. The van der Waals surface area contributed by atoms with Crippen LogP contribution in [0.2, 0.25) is 0 Å². The number of rotatable bonds is 9. The second-order valence-corrected chi connectivity index (χ2v) is 4.95. The molecule has 0 spiro atoms. The Morgan fingerprint density at radius 1 is 1.00 bits per heavy atom. The SMILES string of the molecule is CCCCCCCCCOC(=O)ON1CCCC1. The van der Waals surface area contributed by atoms with Crippen LogP contribution in [0.3, 0.4) is 0 Å². The molecule has 0 saturated carbocycles. The fourth-order valence-corrected chi connectivity index (χ4v) is 2.13. The van der Waals surface area contributed by atoms with Gasteiger partial charge in [-0.2, -0.15) is 0 Å². The molecule has 0 aromatic rings. The topological polar surface area (TPSA) is 38.8 Å². The van der Waals surface area contributed by atoms with Crippen molar-refractivity contribution in [2.45, 2.75) is 64.7 Å². The van der Waals surface area contributed by atoms with Gasteiger partial charge < -0.3 is 9.57 Å². The summed E-state index contributed by atoms with van der Waals surface area (Å²) in [7, 11) is 0. The molecule has 0 aromatic carbocycles. The van der Waals surface area contributed by atoms with E-state index in [1.165, 1.54) is 32.1 Å². The maximum atomic E-state index is 11.3. The quantitative estimate of drug-likeness (QED) is 0.464. The minimum atomic E-state index is -0.539. The lowest BCUT2D eigenvalue weighted by Crippen LogP contribution is -2.24. The molecule has 106 valence electrons. The molecule has 1 rings (SSSR count). The lowest BCUT2D eigenvalue weighted by Gasteiger charge is -2.13. The number of nitrogens with zero attached hydrogens (tertiary/aromatic N) is 1. The van der Waals surface area contributed by atoms with Crippen LogP contribution in [0.1, 0.15) is 64.7 Å². The molecule has 0 aliphatic carbocycles. The maximum absolute atomic E-state index is 11.3. The Morgan fingerprint density at radius 3 is 2.28 bits per heavy atom. The predicted molar refractivity (Wildman–Crippen MR) is 71.2 cm³/mol. The van der Waals surface area contributed by atoms with E-state index in [-0.39, 0.29) is 0 Å². The molecule has 1 aliphatic heterocycles. The molecule has 1 fully saturated rings. The van der Waals surface area contributed by atoms with Crippen LogP contribution in [0.5, 0.6) is 0 Å². The normalized spacial score (nSPS) is 15.8. The van der Waals surface area contributed by atoms with Crippen molar-refractivity contribution in [2.24, 2.45) is 0 Å². The molecule has 1 aliphatic rings. The van der Waals surface area contributed by atoms with Crippen molar-refractivity contribution in [2.75, 3.05) is 19.7 Å². The minimum Gasteiger partial charge on any atom is -0.433 e. The summed E-state index contributed by atoms with van der Waals surface area (Å²) in [4.78, 5) is 16.3. The summed E-state index contributed by atoms with van der Waals surface area (Å²) in [6, 6.07) is 0. The van der Waals surface area contributed by atoms with Gasteiger partial charge in [-0.1, -0.05) is 45.4 Å².